The number of furan rings is 1. The van der Waals surface area contributed by atoms with Crippen molar-refractivity contribution >= 4 is 5.96 Å². The summed E-state index contributed by atoms with van der Waals surface area (Å²) in [6.07, 6.45) is 1.55. The molecule has 1 atom stereocenters. The lowest BCUT2D eigenvalue weighted by atomic mass is 10.0. The lowest BCUT2D eigenvalue weighted by Crippen LogP contribution is -2.44. The first-order chi connectivity index (χ1) is 12.7. The van der Waals surface area contributed by atoms with E-state index in [2.05, 4.69) is 15.6 Å². The van der Waals surface area contributed by atoms with Crippen LogP contribution in [0.15, 0.2) is 52.1 Å². The highest BCUT2D eigenvalue weighted by Gasteiger charge is 2.26. The Morgan fingerprint density at radius 2 is 1.85 bits per heavy atom. The van der Waals surface area contributed by atoms with Crippen LogP contribution in [0.4, 0.5) is 0 Å². The number of ether oxygens (including phenoxy) is 1. The first-order valence-corrected chi connectivity index (χ1v) is 9.27. The van der Waals surface area contributed by atoms with E-state index in [0.717, 1.165) is 17.9 Å². The highest BCUT2D eigenvalue weighted by molar-refractivity contribution is 5.79. The Hall–Kier alpha value is -2.47. The third kappa shape index (κ3) is 6.64. The van der Waals surface area contributed by atoms with Crippen LogP contribution in [0.25, 0.3) is 0 Å². The van der Waals surface area contributed by atoms with Crippen molar-refractivity contribution in [3.8, 4) is 5.75 Å². The minimum Gasteiger partial charge on any atom is -0.488 e. The van der Waals surface area contributed by atoms with E-state index in [1.807, 2.05) is 52.0 Å². The van der Waals surface area contributed by atoms with Crippen molar-refractivity contribution < 1.29 is 14.3 Å². The maximum Gasteiger partial charge on any atom is 0.191 e. The summed E-state index contributed by atoms with van der Waals surface area (Å²) in [5.74, 6) is 1.96. The molecule has 2 rings (SSSR count). The molecule has 148 valence electrons. The van der Waals surface area contributed by atoms with Gasteiger partial charge in [-0.25, -0.2) is 4.99 Å². The molecule has 1 unspecified atom stereocenters. The van der Waals surface area contributed by atoms with Crippen molar-refractivity contribution in [3.63, 3.8) is 0 Å². The summed E-state index contributed by atoms with van der Waals surface area (Å²) < 4.78 is 11.3. The SMILES string of the molecule is CCNC(=NCc1ccccc1OC(C)(C)C)NCC(C)(O)c1ccco1. The van der Waals surface area contributed by atoms with Crippen molar-refractivity contribution in [1.29, 1.82) is 0 Å². The van der Waals surface area contributed by atoms with Gasteiger partial charge in [0.15, 0.2) is 5.96 Å². The summed E-state index contributed by atoms with van der Waals surface area (Å²) in [5, 5.41) is 17.0. The van der Waals surface area contributed by atoms with E-state index in [1.54, 1.807) is 25.3 Å². The number of para-hydroxylation sites is 1. The van der Waals surface area contributed by atoms with E-state index >= 15 is 0 Å². The van der Waals surface area contributed by atoms with Gasteiger partial charge in [-0.15, -0.1) is 0 Å². The Labute approximate surface area is 161 Å². The van der Waals surface area contributed by atoms with E-state index < -0.39 is 5.60 Å². The number of nitrogens with one attached hydrogen (secondary N) is 2. The third-order valence-corrected chi connectivity index (χ3v) is 3.79. The Morgan fingerprint density at radius 3 is 2.48 bits per heavy atom. The molecule has 27 heavy (non-hydrogen) atoms. The van der Waals surface area contributed by atoms with Gasteiger partial charge >= 0.3 is 0 Å². The van der Waals surface area contributed by atoms with Gasteiger partial charge in [0.25, 0.3) is 0 Å². The van der Waals surface area contributed by atoms with Crippen LogP contribution < -0.4 is 15.4 Å². The van der Waals surface area contributed by atoms with Gasteiger partial charge in [-0.2, -0.15) is 0 Å². The first kappa shape index (κ1) is 20.8. The van der Waals surface area contributed by atoms with Crippen LogP contribution in [0.5, 0.6) is 5.75 Å². The van der Waals surface area contributed by atoms with Gasteiger partial charge in [-0.3, -0.25) is 0 Å². The van der Waals surface area contributed by atoms with Gasteiger partial charge < -0.3 is 24.9 Å². The van der Waals surface area contributed by atoms with Crippen LogP contribution in [-0.4, -0.2) is 29.8 Å². The molecule has 0 aliphatic rings. The minimum absolute atomic E-state index is 0.270. The molecule has 0 radical (unpaired) electrons. The summed E-state index contributed by atoms with van der Waals surface area (Å²) >= 11 is 0. The molecule has 0 saturated heterocycles. The summed E-state index contributed by atoms with van der Waals surface area (Å²) in [7, 11) is 0. The van der Waals surface area contributed by atoms with Gasteiger partial charge in [0, 0.05) is 12.1 Å². The molecule has 0 fully saturated rings. The fraction of sp³-hybridized carbons (Fsp3) is 0.476. The molecule has 1 aromatic carbocycles. The number of hydrogen-bond donors (Lipinski definition) is 3. The lowest BCUT2D eigenvalue weighted by molar-refractivity contribution is 0.0386. The Balaban J connectivity index is 2.08. The number of hydrogen-bond acceptors (Lipinski definition) is 4. The topological polar surface area (TPSA) is 79.0 Å². The number of rotatable bonds is 7. The van der Waals surface area contributed by atoms with Crippen molar-refractivity contribution in [3.05, 3.63) is 54.0 Å². The van der Waals surface area contributed by atoms with Crippen LogP contribution in [0.3, 0.4) is 0 Å². The van der Waals surface area contributed by atoms with Crippen LogP contribution in [0, 0.1) is 0 Å². The molecule has 0 spiro atoms. The first-order valence-electron chi connectivity index (χ1n) is 9.27. The van der Waals surface area contributed by atoms with Crippen LogP contribution in [0.2, 0.25) is 0 Å². The molecule has 6 heteroatoms. The zero-order chi connectivity index (χ0) is 19.9. The Morgan fingerprint density at radius 1 is 1.11 bits per heavy atom. The molecule has 0 aliphatic carbocycles. The van der Waals surface area contributed by atoms with Crippen LogP contribution in [0.1, 0.15) is 45.9 Å². The second kappa shape index (κ2) is 8.95. The van der Waals surface area contributed by atoms with E-state index in [1.165, 1.54) is 0 Å². The average Bonchev–Trinajstić information content (AvgIpc) is 3.13. The monoisotopic (exact) mass is 373 g/mol. The molecule has 2 aromatic rings. The summed E-state index contributed by atoms with van der Waals surface area (Å²) in [6, 6.07) is 11.4. The van der Waals surface area contributed by atoms with Crippen molar-refractivity contribution in [2.24, 2.45) is 4.99 Å². The van der Waals surface area contributed by atoms with Gasteiger partial charge in [0.05, 0.1) is 19.4 Å². The van der Waals surface area contributed by atoms with E-state index in [4.69, 9.17) is 9.15 Å². The van der Waals surface area contributed by atoms with Gasteiger partial charge in [0.1, 0.15) is 22.7 Å². The molecular weight excluding hydrogens is 342 g/mol. The van der Waals surface area contributed by atoms with Crippen LogP contribution in [-0.2, 0) is 12.1 Å². The van der Waals surface area contributed by atoms with Gasteiger partial charge in [0.2, 0.25) is 0 Å². The quantitative estimate of drug-likeness (QED) is 0.512. The second-order valence-corrected chi connectivity index (χ2v) is 7.62. The maximum atomic E-state index is 10.6. The molecule has 3 N–H and O–H groups in total. The average molecular weight is 373 g/mol. The molecule has 1 aromatic heterocycles. The molecule has 0 amide bonds. The number of aliphatic imine (C=N–C) groups is 1. The number of benzene rings is 1. The van der Waals surface area contributed by atoms with Crippen LogP contribution >= 0.6 is 0 Å². The van der Waals surface area contributed by atoms with Crippen molar-refractivity contribution in [2.45, 2.75) is 52.4 Å². The molecule has 0 aliphatic heterocycles. The lowest BCUT2D eigenvalue weighted by Gasteiger charge is -2.24. The summed E-state index contributed by atoms with van der Waals surface area (Å²) in [4.78, 5) is 4.63. The fourth-order valence-electron chi connectivity index (χ4n) is 2.50. The summed E-state index contributed by atoms with van der Waals surface area (Å²) in [5.41, 5.74) is -0.403. The molecule has 1 heterocycles. The predicted molar refractivity (Wildman–Crippen MR) is 108 cm³/mol. The third-order valence-electron chi connectivity index (χ3n) is 3.79. The molecule has 6 nitrogen and oxygen atoms in total. The van der Waals surface area contributed by atoms with E-state index in [0.29, 0.717) is 18.3 Å². The standard InChI is InChI=1S/C21H31N3O3/c1-6-22-19(24-15-21(5,25)18-12-9-13-26-18)23-14-16-10-7-8-11-17(16)27-20(2,3)4/h7-13,25H,6,14-15H2,1-5H3,(H2,22,23,24). The number of guanidine groups is 1. The maximum absolute atomic E-state index is 10.6. The van der Waals surface area contributed by atoms with Gasteiger partial charge in [-0.05, 0) is 52.8 Å². The van der Waals surface area contributed by atoms with E-state index in [9.17, 15) is 5.11 Å². The zero-order valence-electron chi connectivity index (χ0n) is 16.9. The summed E-state index contributed by atoms with van der Waals surface area (Å²) in [6.45, 7) is 11.2. The Bertz CT molecular complexity index is 731. The normalized spacial score (nSPS) is 14.5. The Kier molecular flexibility index (Phi) is 6.91. The van der Waals surface area contributed by atoms with E-state index in [-0.39, 0.29) is 12.1 Å². The highest BCUT2D eigenvalue weighted by Crippen LogP contribution is 2.24. The molecular formula is C21H31N3O3. The minimum atomic E-state index is -1.13. The zero-order valence-corrected chi connectivity index (χ0v) is 16.9. The highest BCUT2D eigenvalue weighted by atomic mass is 16.5. The fourth-order valence-corrected chi connectivity index (χ4v) is 2.50. The van der Waals surface area contributed by atoms with Crippen molar-refractivity contribution in [1.82, 2.24) is 10.6 Å². The molecule has 0 bridgehead atoms. The van der Waals surface area contributed by atoms with Gasteiger partial charge in [-0.1, -0.05) is 18.2 Å². The predicted octanol–water partition coefficient (Wildman–Crippen LogP) is 3.42. The number of aliphatic hydroxyl groups is 1. The largest absolute Gasteiger partial charge is 0.488 e. The smallest absolute Gasteiger partial charge is 0.191 e. The molecule has 0 saturated carbocycles. The van der Waals surface area contributed by atoms with Crippen molar-refractivity contribution in [2.75, 3.05) is 13.1 Å². The number of nitrogens with zero attached hydrogens (tertiary/aromatic N) is 1. The second-order valence-electron chi connectivity index (χ2n) is 7.62.